The molecule has 0 spiro atoms. The highest BCUT2D eigenvalue weighted by molar-refractivity contribution is 5.69. The lowest BCUT2D eigenvalue weighted by Crippen LogP contribution is -2.18. The number of hydrogen-bond donors (Lipinski definition) is 1. The van der Waals surface area contributed by atoms with E-state index in [1.165, 1.54) is 167 Å². The molecule has 0 heterocycles. The van der Waals surface area contributed by atoms with Crippen molar-refractivity contribution in [2.24, 2.45) is 17.8 Å². The van der Waals surface area contributed by atoms with E-state index in [9.17, 15) is 14.7 Å². The van der Waals surface area contributed by atoms with Gasteiger partial charge in [0.2, 0.25) is 0 Å². The van der Waals surface area contributed by atoms with Gasteiger partial charge in [-0.1, -0.05) is 181 Å². The Morgan fingerprint density at radius 2 is 0.941 bits per heavy atom. The molecule has 1 saturated carbocycles. The van der Waals surface area contributed by atoms with Gasteiger partial charge in [-0.05, 0) is 69.1 Å². The predicted octanol–water partition coefficient (Wildman–Crippen LogP) is 14.0. The van der Waals surface area contributed by atoms with Crippen molar-refractivity contribution >= 4 is 11.9 Å². The molecule has 1 aliphatic rings. The lowest BCUT2D eigenvalue weighted by atomic mass is 9.92. The predicted molar refractivity (Wildman–Crippen MR) is 217 cm³/mol. The minimum atomic E-state index is 0.000759. The van der Waals surface area contributed by atoms with Crippen molar-refractivity contribution in [3.05, 3.63) is 0 Å². The zero-order valence-corrected chi connectivity index (χ0v) is 34.6. The van der Waals surface area contributed by atoms with E-state index in [0.717, 1.165) is 50.9 Å². The van der Waals surface area contributed by atoms with Crippen LogP contribution >= 0.6 is 0 Å². The first-order chi connectivity index (χ1) is 25.0. The van der Waals surface area contributed by atoms with Gasteiger partial charge in [0.1, 0.15) is 6.10 Å². The number of hydrogen-bond acceptors (Lipinski definition) is 5. The molecule has 302 valence electrons. The van der Waals surface area contributed by atoms with Gasteiger partial charge in [-0.3, -0.25) is 9.59 Å². The summed E-state index contributed by atoms with van der Waals surface area (Å²) in [5.74, 6) is 2.09. The zero-order valence-electron chi connectivity index (χ0n) is 34.6. The molecule has 5 nitrogen and oxygen atoms in total. The van der Waals surface area contributed by atoms with Crippen LogP contribution in [0.3, 0.4) is 0 Å². The molecule has 0 aromatic rings. The van der Waals surface area contributed by atoms with Gasteiger partial charge < -0.3 is 14.6 Å². The van der Waals surface area contributed by atoms with Crippen LogP contribution in [0.2, 0.25) is 0 Å². The topological polar surface area (TPSA) is 72.8 Å². The van der Waals surface area contributed by atoms with Gasteiger partial charge in [0.05, 0.1) is 6.61 Å². The summed E-state index contributed by atoms with van der Waals surface area (Å²) in [7, 11) is 0. The molecule has 1 aliphatic carbocycles. The molecular weight excluding hydrogens is 633 g/mol. The van der Waals surface area contributed by atoms with E-state index in [2.05, 4.69) is 20.8 Å². The summed E-state index contributed by atoms with van der Waals surface area (Å²) in [6.07, 6.45) is 41.3. The lowest BCUT2D eigenvalue weighted by molar-refractivity contribution is -0.150. The van der Waals surface area contributed by atoms with Gasteiger partial charge in [0, 0.05) is 19.4 Å². The molecule has 0 saturated heterocycles. The SMILES string of the molecule is CCCCCCCCC(CCCCCCCC)OC(=O)CCCCCCCC(CCO)CCCCCCCC(=O)OCC1CC1CCCCCC. The average Bonchev–Trinajstić information content (AvgIpc) is 3.89. The van der Waals surface area contributed by atoms with Gasteiger partial charge >= 0.3 is 11.9 Å². The largest absolute Gasteiger partial charge is 0.465 e. The minimum Gasteiger partial charge on any atom is -0.465 e. The minimum absolute atomic E-state index is 0.000759. The third-order valence-corrected chi connectivity index (χ3v) is 11.5. The Morgan fingerprint density at radius 3 is 1.45 bits per heavy atom. The Kier molecular flexibility index (Phi) is 33.7. The third-order valence-electron chi connectivity index (χ3n) is 11.5. The van der Waals surface area contributed by atoms with Crippen LogP contribution in [-0.2, 0) is 19.1 Å². The highest BCUT2D eigenvalue weighted by atomic mass is 16.5. The fraction of sp³-hybridized carbons (Fsp3) is 0.957. The summed E-state index contributed by atoms with van der Waals surface area (Å²) in [6.45, 7) is 7.72. The number of carbonyl (C=O) groups is 2. The van der Waals surface area contributed by atoms with Crippen LogP contribution in [0.5, 0.6) is 0 Å². The van der Waals surface area contributed by atoms with Gasteiger partial charge in [0.25, 0.3) is 0 Å². The van der Waals surface area contributed by atoms with E-state index < -0.39 is 0 Å². The molecule has 51 heavy (non-hydrogen) atoms. The average molecular weight is 721 g/mol. The van der Waals surface area contributed by atoms with Gasteiger partial charge in [-0.25, -0.2) is 0 Å². The fourth-order valence-corrected chi connectivity index (χ4v) is 7.87. The van der Waals surface area contributed by atoms with Crippen molar-refractivity contribution in [2.75, 3.05) is 13.2 Å². The number of unbranched alkanes of at least 4 members (excludes halogenated alkanes) is 21. The first-order valence-electron chi connectivity index (χ1n) is 23.0. The van der Waals surface area contributed by atoms with Crippen LogP contribution in [0.25, 0.3) is 0 Å². The molecule has 0 aromatic heterocycles. The van der Waals surface area contributed by atoms with E-state index in [1.807, 2.05) is 0 Å². The summed E-state index contributed by atoms with van der Waals surface area (Å²) in [5.41, 5.74) is 0. The summed E-state index contributed by atoms with van der Waals surface area (Å²) < 4.78 is 11.6. The summed E-state index contributed by atoms with van der Waals surface area (Å²) >= 11 is 0. The lowest BCUT2D eigenvalue weighted by Gasteiger charge is -2.18. The molecule has 0 aliphatic heterocycles. The van der Waals surface area contributed by atoms with E-state index in [0.29, 0.717) is 31.3 Å². The Hall–Kier alpha value is -1.10. The van der Waals surface area contributed by atoms with Crippen molar-refractivity contribution in [3.63, 3.8) is 0 Å². The molecule has 0 aromatic carbocycles. The third kappa shape index (κ3) is 31.0. The highest BCUT2D eigenvalue weighted by Crippen LogP contribution is 2.42. The fourth-order valence-electron chi connectivity index (χ4n) is 7.87. The molecule has 5 heteroatoms. The van der Waals surface area contributed by atoms with Crippen molar-refractivity contribution in [1.82, 2.24) is 0 Å². The number of ether oxygens (including phenoxy) is 2. The van der Waals surface area contributed by atoms with Crippen LogP contribution in [-0.4, -0.2) is 36.4 Å². The Morgan fingerprint density at radius 1 is 0.510 bits per heavy atom. The Bertz CT molecular complexity index is 753. The van der Waals surface area contributed by atoms with Crippen LogP contribution in [0, 0.1) is 17.8 Å². The smallest absolute Gasteiger partial charge is 0.306 e. The number of carbonyl (C=O) groups excluding carboxylic acids is 2. The van der Waals surface area contributed by atoms with Crippen molar-refractivity contribution in [3.8, 4) is 0 Å². The van der Waals surface area contributed by atoms with Crippen molar-refractivity contribution in [1.29, 1.82) is 0 Å². The highest BCUT2D eigenvalue weighted by Gasteiger charge is 2.37. The summed E-state index contributed by atoms with van der Waals surface area (Å²) in [6, 6.07) is 0. The van der Waals surface area contributed by atoms with Gasteiger partial charge in [-0.2, -0.15) is 0 Å². The molecule has 1 rings (SSSR count). The first kappa shape index (κ1) is 47.9. The second-order valence-electron chi connectivity index (χ2n) is 16.5. The molecule has 0 bridgehead atoms. The number of esters is 2. The van der Waals surface area contributed by atoms with E-state index >= 15 is 0 Å². The molecule has 1 N–H and O–H groups in total. The Labute approximate surface area is 318 Å². The maximum Gasteiger partial charge on any atom is 0.306 e. The summed E-state index contributed by atoms with van der Waals surface area (Å²) in [4.78, 5) is 24.8. The van der Waals surface area contributed by atoms with Gasteiger partial charge in [-0.15, -0.1) is 0 Å². The van der Waals surface area contributed by atoms with E-state index in [4.69, 9.17) is 9.47 Å². The van der Waals surface area contributed by atoms with E-state index in [-0.39, 0.29) is 24.6 Å². The molecule has 3 atom stereocenters. The molecule has 1 fully saturated rings. The standard InChI is InChI=1S/C46H88O5/c1-4-7-10-13-19-26-33-44(34-27-20-14-11-8-5-2)51-46(49)36-29-22-16-18-24-31-41(37-38-47)30-23-17-15-21-28-35-45(48)50-40-43-39-42(43)32-25-12-9-6-3/h41-44,47H,4-40H2,1-3H3. The maximum absolute atomic E-state index is 12.7. The summed E-state index contributed by atoms with van der Waals surface area (Å²) in [5, 5.41) is 9.60. The molecule has 0 radical (unpaired) electrons. The maximum atomic E-state index is 12.7. The zero-order chi connectivity index (χ0) is 37.0. The molecule has 3 unspecified atom stereocenters. The number of aliphatic hydroxyl groups excluding tert-OH is 1. The van der Waals surface area contributed by atoms with Crippen LogP contribution in [0.1, 0.15) is 245 Å². The van der Waals surface area contributed by atoms with Gasteiger partial charge in [0.15, 0.2) is 0 Å². The van der Waals surface area contributed by atoms with Crippen LogP contribution in [0.15, 0.2) is 0 Å². The van der Waals surface area contributed by atoms with Crippen molar-refractivity contribution in [2.45, 2.75) is 252 Å². The molecule has 0 amide bonds. The monoisotopic (exact) mass is 721 g/mol. The second kappa shape index (κ2) is 35.9. The second-order valence-corrected chi connectivity index (χ2v) is 16.5. The quantitative estimate of drug-likeness (QED) is 0.0504. The first-order valence-corrected chi connectivity index (χ1v) is 23.0. The molecular formula is C46H88O5. The van der Waals surface area contributed by atoms with Crippen molar-refractivity contribution < 1.29 is 24.2 Å². The van der Waals surface area contributed by atoms with Crippen LogP contribution in [0.4, 0.5) is 0 Å². The van der Waals surface area contributed by atoms with E-state index in [1.54, 1.807) is 0 Å². The number of rotatable bonds is 40. The number of aliphatic hydroxyl groups is 1. The van der Waals surface area contributed by atoms with Crippen LogP contribution < -0.4 is 0 Å². The normalized spacial score (nSPS) is 16.1. The Balaban J connectivity index is 2.07.